The van der Waals surface area contributed by atoms with Crippen LogP contribution in [0.4, 0.5) is 0 Å². The number of nitrogens with one attached hydrogen (secondary N) is 1. The van der Waals surface area contributed by atoms with Crippen molar-refractivity contribution in [3.05, 3.63) is 100 Å². The SMILES string of the molecule is O=C(Cc1ccc(Br)cc1)NN=Cc1ccc(OC(=O)c2ccccc2)cc1. The molecule has 0 aromatic heterocycles. The maximum atomic E-state index is 12.0. The number of halogens is 1. The van der Waals surface area contributed by atoms with Crippen LogP contribution >= 0.6 is 15.9 Å². The van der Waals surface area contributed by atoms with Crippen LogP contribution in [0.2, 0.25) is 0 Å². The molecule has 3 aromatic rings. The van der Waals surface area contributed by atoms with Gasteiger partial charge in [-0.15, -0.1) is 0 Å². The third-order valence-electron chi connectivity index (χ3n) is 3.78. The topological polar surface area (TPSA) is 67.8 Å². The molecule has 0 spiro atoms. The van der Waals surface area contributed by atoms with Gasteiger partial charge in [-0.05, 0) is 59.7 Å². The smallest absolute Gasteiger partial charge is 0.343 e. The minimum absolute atomic E-state index is 0.202. The van der Waals surface area contributed by atoms with E-state index in [1.54, 1.807) is 48.5 Å². The van der Waals surface area contributed by atoms with E-state index in [2.05, 4.69) is 26.5 Å². The standard InChI is InChI=1S/C22H17BrN2O3/c23-19-10-6-16(7-11-19)14-21(26)25-24-15-17-8-12-20(13-9-17)28-22(27)18-4-2-1-3-5-18/h1-13,15H,14H2,(H,25,26). The lowest BCUT2D eigenvalue weighted by atomic mass is 10.1. The first-order valence-electron chi connectivity index (χ1n) is 8.54. The normalized spacial score (nSPS) is 10.6. The van der Waals surface area contributed by atoms with E-state index in [0.29, 0.717) is 11.3 Å². The van der Waals surface area contributed by atoms with Crippen molar-refractivity contribution in [1.29, 1.82) is 0 Å². The average molecular weight is 437 g/mol. The van der Waals surface area contributed by atoms with Crippen LogP contribution in [0.1, 0.15) is 21.5 Å². The lowest BCUT2D eigenvalue weighted by molar-refractivity contribution is -0.120. The van der Waals surface area contributed by atoms with Crippen molar-refractivity contribution in [1.82, 2.24) is 5.43 Å². The molecule has 28 heavy (non-hydrogen) atoms. The lowest BCUT2D eigenvalue weighted by Gasteiger charge is -2.04. The summed E-state index contributed by atoms with van der Waals surface area (Å²) < 4.78 is 6.28. The third kappa shape index (κ3) is 5.89. The minimum atomic E-state index is -0.415. The molecular formula is C22H17BrN2O3. The number of benzene rings is 3. The Morgan fingerprint density at radius 2 is 1.61 bits per heavy atom. The largest absolute Gasteiger partial charge is 0.423 e. The van der Waals surface area contributed by atoms with Gasteiger partial charge in [-0.2, -0.15) is 5.10 Å². The van der Waals surface area contributed by atoms with Gasteiger partial charge in [0.15, 0.2) is 0 Å². The molecule has 0 aliphatic carbocycles. The van der Waals surface area contributed by atoms with Crippen molar-refractivity contribution >= 4 is 34.0 Å². The second-order valence-electron chi connectivity index (χ2n) is 5.92. The molecule has 0 aliphatic rings. The predicted octanol–water partition coefficient (Wildman–Crippen LogP) is 4.36. The van der Waals surface area contributed by atoms with Gasteiger partial charge in [0.25, 0.3) is 0 Å². The molecule has 1 amide bonds. The highest BCUT2D eigenvalue weighted by Crippen LogP contribution is 2.14. The molecular weight excluding hydrogens is 420 g/mol. The number of nitrogens with zero attached hydrogens (tertiary/aromatic N) is 1. The average Bonchev–Trinajstić information content (AvgIpc) is 2.72. The zero-order chi connectivity index (χ0) is 19.8. The molecule has 5 nitrogen and oxygen atoms in total. The van der Waals surface area contributed by atoms with Crippen molar-refractivity contribution in [2.45, 2.75) is 6.42 Å². The van der Waals surface area contributed by atoms with Crippen molar-refractivity contribution < 1.29 is 14.3 Å². The van der Waals surface area contributed by atoms with Crippen LogP contribution in [0.25, 0.3) is 0 Å². The Morgan fingerprint density at radius 3 is 2.29 bits per heavy atom. The molecule has 0 heterocycles. The third-order valence-corrected chi connectivity index (χ3v) is 4.31. The number of hydrogen-bond donors (Lipinski definition) is 1. The van der Waals surface area contributed by atoms with Crippen molar-refractivity contribution in [2.24, 2.45) is 5.10 Å². The van der Waals surface area contributed by atoms with Gasteiger partial charge in [-0.1, -0.05) is 46.3 Å². The van der Waals surface area contributed by atoms with Gasteiger partial charge in [0.05, 0.1) is 18.2 Å². The van der Waals surface area contributed by atoms with Gasteiger partial charge in [-0.25, -0.2) is 10.2 Å². The molecule has 3 rings (SSSR count). The highest BCUT2D eigenvalue weighted by atomic mass is 79.9. The quantitative estimate of drug-likeness (QED) is 0.270. The number of carbonyl (C=O) groups excluding carboxylic acids is 2. The Kier molecular flexibility index (Phi) is 6.70. The summed E-state index contributed by atoms with van der Waals surface area (Å²) in [5.41, 5.74) is 4.65. The van der Waals surface area contributed by atoms with Crippen molar-refractivity contribution in [2.75, 3.05) is 0 Å². The Morgan fingerprint density at radius 1 is 0.929 bits per heavy atom. The van der Waals surface area contributed by atoms with E-state index in [4.69, 9.17) is 4.74 Å². The number of rotatable bonds is 6. The monoisotopic (exact) mass is 436 g/mol. The van der Waals surface area contributed by atoms with Crippen LogP contribution in [-0.4, -0.2) is 18.1 Å². The molecule has 0 saturated heterocycles. The first-order valence-corrected chi connectivity index (χ1v) is 9.33. The van der Waals surface area contributed by atoms with Gasteiger partial charge in [0, 0.05) is 4.47 Å². The van der Waals surface area contributed by atoms with Gasteiger partial charge in [-0.3, -0.25) is 4.79 Å². The van der Waals surface area contributed by atoms with Crippen molar-refractivity contribution in [3.63, 3.8) is 0 Å². The van der Waals surface area contributed by atoms with E-state index in [9.17, 15) is 9.59 Å². The predicted molar refractivity (Wildman–Crippen MR) is 111 cm³/mol. The zero-order valence-corrected chi connectivity index (χ0v) is 16.4. The number of hydrazone groups is 1. The van der Waals surface area contributed by atoms with Gasteiger partial charge in [0.1, 0.15) is 5.75 Å². The van der Waals surface area contributed by atoms with E-state index in [0.717, 1.165) is 15.6 Å². The molecule has 0 unspecified atom stereocenters. The molecule has 0 saturated carbocycles. The second kappa shape index (κ2) is 9.62. The minimum Gasteiger partial charge on any atom is -0.423 e. The van der Waals surface area contributed by atoms with Gasteiger partial charge in [0.2, 0.25) is 5.91 Å². The summed E-state index contributed by atoms with van der Waals surface area (Å²) >= 11 is 3.36. The second-order valence-corrected chi connectivity index (χ2v) is 6.84. The van der Waals surface area contributed by atoms with Crippen LogP contribution < -0.4 is 10.2 Å². The maximum Gasteiger partial charge on any atom is 0.343 e. The summed E-state index contributed by atoms with van der Waals surface area (Å²) in [7, 11) is 0. The van der Waals surface area contributed by atoms with E-state index in [-0.39, 0.29) is 12.3 Å². The summed E-state index contributed by atoms with van der Waals surface area (Å²) in [5, 5.41) is 3.95. The summed E-state index contributed by atoms with van der Waals surface area (Å²) in [4.78, 5) is 23.9. The highest BCUT2D eigenvalue weighted by molar-refractivity contribution is 9.10. The van der Waals surface area contributed by atoms with Crippen LogP contribution in [0, 0.1) is 0 Å². The molecule has 140 valence electrons. The highest BCUT2D eigenvalue weighted by Gasteiger charge is 2.07. The molecule has 6 heteroatoms. The molecule has 0 bridgehead atoms. The summed E-state index contributed by atoms with van der Waals surface area (Å²) in [6, 6.07) is 23.2. The number of carbonyl (C=O) groups is 2. The molecule has 0 fully saturated rings. The van der Waals surface area contributed by atoms with Crippen LogP contribution in [0.5, 0.6) is 5.75 Å². The zero-order valence-electron chi connectivity index (χ0n) is 14.8. The van der Waals surface area contributed by atoms with Crippen LogP contribution in [0.3, 0.4) is 0 Å². The Bertz CT molecular complexity index is 969. The molecule has 0 radical (unpaired) electrons. The molecule has 0 aliphatic heterocycles. The summed E-state index contributed by atoms with van der Waals surface area (Å²) in [6.45, 7) is 0. The molecule has 0 atom stereocenters. The fourth-order valence-electron chi connectivity index (χ4n) is 2.37. The first kappa shape index (κ1) is 19.5. The number of ether oxygens (including phenoxy) is 1. The summed E-state index contributed by atoms with van der Waals surface area (Å²) in [5.74, 6) is -0.181. The first-order chi connectivity index (χ1) is 13.6. The fourth-order valence-corrected chi connectivity index (χ4v) is 2.63. The number of amides is 1. The van der Waals surface area contributed by atoms with Gasteiger partial charge >= 0.3 is 5.97 Å². The molecule has 3 aromatic carbocycles. The molecule has 1 N–H and O–H groups in total. The van der Waals surface area contributed by atoms with E-state index >= 15 is 0 Å². The van der Waals surface area contributed by atoms with E-state index in [1.807, 2.05) is 30.3 Å². The van der Waals surface area contributed by atoms with Crippen LogP contribution in [0.15, 0.2) is 88.4 Å². The lowest BCUT2D eigenvalue weighted by Crippen LogP contribution is -2.19. The fraction of sp³-hybridized carbons (Fsp3) is 0.0455. The Labute approximate surface area is 171 Å². The number of esters is 1. The summed E-state index contributed by atoms with van der Waals surface area (Å²) in [6.07, 6.45) is 1.78. The van der Waals surface area contributed by atoms with Crippen molar-refractivity contribution in [3.8, 4) is 5.75 Å². The Hall–Kier alpha value is -3.25. The maximum absolute atomic E-state index is 12.0. The van der Waals surface area contributed by atoms with Crippen LogP contribution in [-0.2, 0) is 11.2 Å². The van der Waals surface area contributed by atoms with Gasteiger partial charge < -0.3 is 4.74 Å². The number of hydrogen-bond acceptors (Lipinski definition) is 4. The van der Waals surface area contributed by atoms with E-state index < -0.39 is 5.97 Å². The van der Waals surface area contributed by atoms with E-state index in [1.165, 1.54) is 6.21 Å². The Balaban J connectivity index is 1.50.